The summed E-state index contributed by atoms with van der Waals surface area (Å²) < 4.78 is 13.5. The SMILES string of the molecule is C[C@@H](F)c1nc(N)nc(N[C@@H](CCc2ccccc2)C2CCC2)n1. The van der Waals surface area contributed by atoms with Gasteiger partial charge in [-0.15, -0.1) is 0 Å². The lowest BCUT2D eigenvalue weighted by Gasteiger charge is -2.34. The molecule has 1 saturated carbocycles. The van der Waals surface area contributed by atoms with Crippen molar-refractivity contribution in [3.05, 3.63) is 41.7 Å². The van der Waals surface area contributed by atoms with Crippen molar-refractivity contribution in [3.8, 4) is 0 Å². The second-order valence-electron chi connectivity index (χ2n) is 6.46. The van der Waals surface area contributed by atoms with Crippen LogP contribution < -0.4 is 11.1 Å². The van der Waals surface area contributed by atoms with E-state index in [9.17, 15) is 4.39 Å². The molecule has 0 unspecified atom stereocenters. The van der Waals surface area contributed by atoms with Crippen LogP contribution in [-0.4, -0.2) is 21.0 Å². The van der Waals surface area contributed by atoms with E-state index >= 15 is 0 Å². The van der Waals surface area contributed by atoms with Gasteiger partial charge < -0.3 is 11.1 Å². The molecule has 0 saturated heterocycles. The van der Waals surface area contributed by atoms with Gasteiger partial charge in [0.05, 0.1) is 0 Å². The number of nitrogens with two attached hydrogens (primary N) is 1. The van der Waals surface area contributed by atoms with E-state index in [1.165, 1.54) is 31.7 Å². The first-order valence-electron chi connectivity index (χ1n) is 8.58. The topological polar surface area (TPSA) is 76.7 Å². The Morgan fingerprint density at radius 2 is 1.96 bits per heavy atom. The minimum Gasteiger partial charge on any atom is -0.368 e. The third-order valence-electron chi connectivity index (χ3n) is 4.65. The molecule has 1 aromatic carbocycles. The zero-order valence-corrected chi connectivity index (χ0v) is 14.0. The van der Waals surface area contributed by atoms with Gasteiger partial charge in [0.15, 0.2) is 12.0 Å². The molecule has 0 amide bonds. The van der Waals surface area contributed by atoms with E-state index in [-0.39, 0.29) is 17.8 Å². The molecule has 1 aliphatic rings. The Hall–Kier alpha value is -2.24. The molecule has 0 aliphatic heterocycles. The molecule has 2 atom stereocenters. The fraction of sp³-hybridized carbons (Fsp3) is 0.500. The molecule has 0 bridgehead atoms. The first kappa shape index (κ1) is 16.6. The van der Waals surface area contributed by atoms with Crippen LogP contribution in [-0.2, 0) is 6.42 Å². The van der Waals surface area contributed by atoms with Gasteiger partial charge in [-0.05, 0) is 44.1 Å². The maximum atomic E-state index is 13.5. The van der Waals surface area contributed by atoms with Gasteiger partial charge in [0.1, 0.15) is 0 Å². The molecule has 0 spiro atoms. The zero-order chi connectivity index (χ0) is 16.9. The number of benzene rings is 1. The predicted molar refractivity (Wildman–Crippen MR) is 93.3 cm³/mol. The highest BCUT2D eigenvalue weighted by molar-refractivity contribution is 5.33. The van der Waals surface area contributed by atoms with Crippen molar-refractivity contribution in [1.29, 1.82) is 0 Å². The summed E-state index contributed by atoms with van der Waals surface area (Å²) in [4.78, 5) is 12.2. The van der Waals surface area contributed by atoms with Crippen LogP contribution in [0.15, 0.2) is 30.3 Å². The fourth-order valence-electron chi connectivity index (χ4n) is 3.05. The molecule has 3 rings (SSSR count). The molecule has 1 heterocycles. The van der Waals surface area contributed by atoms with Gasteiger partial charge in [-0.2, -0.15) is 15.0 Å². The van der Waals surface area contributed by atoms with Gasteiger partial charge in [0, 0.05) is 6.04 Å². The first-order chi connectivity index (χ1) is 11.6. The van der Waals surface area contributed by atoms with Gasteiger partial charge in [-0.25, -0.2) is 4.39 Å². The van der Waals surface area contributed by atoms with E-state index in [0.29, 0.717) is 11.9 Å². The van der Waals surface area contributed by atoms with Crippen LogP contribution in [0.1, 0.15) is 50.2 Å². The van der Waals surface area contributed by atoms with Crippen molar-refractivity contribution in [3.63, 3.8) is 0 Å². The summed E-state index contributed by atoms with van der Waals surface area (Å²) in [5, 5.41) is 3.38. The molecule has 24 heavy (non-hydrogen) atoms. The number of hydrogen-bond acceptors (Lipinski definition) is 5. The number of aryl methyl sites for hydroxylation is 1. The number of hydrogen-bond donors (Lipinski definition) is 2. The summed E-state index contributed by atoms with van der Waals surface area (Å²) >= 11 is 0. The van der Waals surface area contributed by atoms with Crippen molar-refractivity contribution in [2.75, 3.05) is 11.1 Å². The zero-order valence-electron chi connectivity index (χ0n) is 14.0. The number of aromatic nitrogens is 3. The van der Waals surface area contributed by atoms with E-state index in [0.717, 1.165) is 12.8 Å². The molecule has 128 valence electrons. The first-order valence-corrected chi connectivity index (χ1v) is 8.58. The standard InChI is InChI=1S/C18H24FN5/c1-12(19)16-22-17(20)24-18(23-16)21-15(14-8-5-9-14)11-10-13-6-3-2-4-7-13/h2-4,6-7,12,14-15H,5,8-11H2,1H3,(H3,20,21,22,23,24)/t12-,15+/m1/s1. The highest BCUT2D eigenvalue weighted by atomic mass is 19.1. The molecule has 0 radical (unpaired) electrons. The number of alkyl halides is 1. The minimum absolute atomic E-state index is 0.0578. The van der Waals surface area contributed by atoms with E-state index < -0.39 is 6.17 Å². The second kappa shape index (κ2) is 7.55. The molecule has 2 aromatic rings. The molecule has 1 fully saturated rings. The Balaban J connectivity index is 1.70. The quantitative estimate of drug-likeness (QED) is 0.810. The normalized spacial score (nSPS) is 17.1. The third-order valence-corrected chi connectivity index (χ3v) is 4.65. The maximum Gasteiger partial charge on any atom is 0.228 e. The molecule has 3 N–H and O–H groups in total. The number of nitrogens with zero attached hydrogens (tertiary/aromatic N) is 3. The van der Waals surface area contributed by atoms with Gasteiger partial charge >= 0.3 is 0 Å². The largest absolute Gasteiger partial charge is 0.368 e. The Bertz CT molecular complexity index is 658. The van der Waals surface area contributed by atoms with Crippen LogP contribution in [0.5, 0.6) is 0 Å². The molecule has 1 aliphatic carbocycles. The fourth-order valence-corrected chi connectivity index (χ4v) is 3.05. The molecular weight excluding hydrogens is 305 g/mol. The van der Waals surface area contributed by atoms with Crippen LogP contribution in [0.4, 0.5) is 16.3 Å². The maximum absolute atomic E-state index is 13.5. The summed E-state index contributed by atoms with van der Waals surface area (Å²) in [7, 11) is 0. The van der Waals surface area contributed by atoms with Crippen molar-refractivity contribution < 1.29 is 4.39 Å². The van der Waals surface area contributed by atoms with Crippen LogP contribution in [0.2, 0.25) is 0 Å². The lowest BCUT2D eigenvalue weighted by atomic mass is 9.78. The van der Waals surface area contributed by atoms with E-state index in [1.807, 2.05) is 6.07 Å². The van der Waals surface area contributed by atoms with Crippen molar-refractivity contribution >= 4 is 11.9 Å². The number of nitrogen functional groups attached to an aromatic ring is 1. The summed E-state index contributed by atoms with van der Waals surface area (Å²) in [6.07, 6.45) is 4.39. The number of halogens is 1. The van der Waals surface area contributed by atoms with Gasteiger partial charge in [-0.1, -0.05) is 36.8 Å². The Morgan fingerprint density at radius 1 is 1.21 bits per heavy atom. The Kier molecular flexibility index (Phi) is 5.23. The number of anilines is 2. The van der Waals surface area contributed by atoms with Gasteiger partial charge in [0.25, 0.3) is 0 Å². The lowest BCUT2D eigenvalue weighted by molar-refractivity contribution is 0.265. The number of nitrogens with one attached hydrogen (secondary N) is 1. The number of rotatable bonds is 7. The Labute approximate surface area is 141 Å². The predicted octanol–water partition coefficient (Wildman–Crippen LogP) is 3.70. The average Bonchev–Trinajstić information content (AvgIpc) is 2.51. The summed E-state index contributed by atoms with van der Waals surface area (Å²) in [5.41, 5.74) is 7.01. The second-order valence-corrected chi connectivity index (χ2v) is 6.46. The summed E-state index contributed by atoms with van der Waals surface area (Å²) in [6, 6.07) is 10.7. The monoisotopic (exact) mass is 329 g/mol. The highest BCUT2D eigenvalue weighted by Gasteiger charge is 2.28. The molecule has 5 nitrogen and oxygen atoms in total. The smallest absolute Gasteiger partial charge is 0.228 e. The van der Waals surface area contributed by atoms with Crippen LogP contribution in [0.3, 0.4) is 0 Å². The molecular formula is C18H24FN5. The van der Waals surface area contributed by atoms with Gasteiger partial charge in [0.2, 0.25) is 11.9 Å². The van der Waals surface area contributed by atoms with E-state index in [1.54, 1.807) is 0 Å². The van der Waals surface area contributed by atoms with Gasteiger partial charge in [-0.3, -0.25) is 0 Å². The van der Waals surface area contributed by atoms with Crippen LogP contribution in [0, 0.1) is 5.92 Å². The van der Waals surface area contributed by atoms with E-state index in [4.69, 9.17) is 5.73 Å². The third kappa shape index (κ3) is 4.19. The van der Waals surface area contributed by atoms with Crippen molar-refractivity contribution in [2.45, 2.75) is 51.2 Å². The average molecular weight is 329 g/mol. The lowest BCUT2D eigenvalue weighted by Crippen LogP contribution is -2.35. The van der Waals surface area contributed by atoms with Crippen LogP contribution in [0.25, 0.3) is 0 Å². The Morgan fingerprint density at radius 3 is 2.58 bits per heavy atom. The van der Waals surface area contributed by atoms with Crippen molar-refractivity contribution in [2.24, 2.45) is 5.92 Å². The van der Waals surface area contributed by atoms with Crippen molar-refractivity contribution in [1.82, 2.24) is 15.0 Å². The van der Waals surface area contributed by atoms with Crippen LogP contribution >= 0.6 is 0 Å². The van der Waals surface area contributed by atoms with E-state index in [2.05, 4.69) is 44.5 Å². The molecule has 6 heteroatoms. The summed E-state index contributed by atoms with van der Waals surface area (Å²) in [6.45, 7) is 1.40. The summed E-state index contributed by atoms with van der Waals surface area (Å²) in [5.74, 6) is 1.13. The molecule has 1 aromatic heterocycles. The minimum atomic E-state index is -1.26. The highest BCUT2D eigenvalue weighted by Crippen LogP contribution is 2.33.